The molecule has 2 atom stereocenters. The third-order valence-electron chi connectivity index (χ3n) is 1.51. The van der Waals surface area contributed by atoms with Crippen molar-refractivity contribution in [2.75, 3.05) is 0 Å². The van der Waals surface area contributed by atoms with Crippen molar-refractivity contribution in [3.63, 3.8) is 0 Å². The van der Waals surface area contributed by atoms with Gasteiger partial charge in [-0.2, -0.15) is 0 Å². The maximum absolute atomic E-state index is 10.8. The minimum Gasteiger partial charge on any atom is -0.280 e. The predicted octanol–water partition coefficient (Wildman–Crippen LogP) is 2.25. The first kappa shape index (κ1) is 8.12. The largest absolute Gasteiger partial charge is 0.369 e. The van der Waals surface area contributed by atoms with Gasteiger partial charge in [-0.05, 0) is 26.7 Å². The van der Waals surface area contributed by atoms with Gasteiger partial charge >= 0.3 is 8.25 Å². The summed E-state index contributed by atoms with van der Waals surface area (Å²) in [6.45, 7) is 3.82. The smallest absolute Gasteiger partial charge is 0.280 e. The van der Waals surface area contributed by atoms with Gasteiger partial charge in [0.1, 0.15) is 0 Å². The van der Waals surface area contributed by atoms with Crippen LogP contribution >= 0.6 is 8.25 Å². The van der Waals surface area contributed by atoms with Gasteiger partial charge in [-0.1, -0.05) is 0 Å². The van der Waals surface area contributed by atoms with E-state index in [1.807, 2.05) is 13.8 Å². The fourth-order valence-corrected chi connectivity index (χ4v) is 1.74. The first-order chi connectivity index (χ1) is 4.68. The minimum atomic E-state index is -1.85. The van der Waals surface area contributed by atoms with Crippen molar-refractivity contribution in [2.45, 2.75) is 38.9 Å². The molecular formula is C6H12O3P. The van der Waals surface area contributed by atoms with Crippen LogP contribution in [0.25, 0.3) is 0 Å². The minimum absolute atomic E-state index is 0.0774. The SMILES string of the molecule is CC1CCC(C)O[P](=O)O1. The van der Waals surface area contributed by atoms with E-state index in [4.69, 9.17) is 9.05 Å². The monoisotopic (exact) mass is 163 g/mol. The van der Waals surface area contributed by atoms with Crippen LogP contribution in [-0.2, 0) is 13.6 Å². The Morgan fingerprint density at radius 3 is 2.00 bits per heavy atom. The zero-order valence-electron chi connectivity index (χ0n) is 6.24. The van der Waals surface area contributed by atoms with Crippen LogP contribution < -0.4 is 0 Å². The van der Waals surface area contributed by atoms with E-state index in [1.165, 1.54) is 0 Å². The van der Waals surface area contributed by atoms with Crippen molar-refractivity contribution < 1.29 is 13.6 Å². The molecule has 1 rings (SSSR count). The molecule has 0 bridgehead atoms. The molecule has 1 aliphatic rings. The molecule has 0 spiro atoms. The Kier molecular flexibility index (Phi) is 2.78. The highest BCUT2D eigenvalue weighted by Crippen LogP contribution is 2.33. The summed E-state index contributed by atoms with van der Waals surface area (Å²) in [5.41, 5.74) is 0. The highest BCUT2D eigenvalue weighted by Gasteiger charge is 2.18. The quantitative estimate of drug-likeness (QED) is 0.514. The summed E-state index contributed by atoms with van der Waals surface area (Å²) < 4.78 is 20.7. The topological polar surface area (TPSA) is 35.5 Å². The van der Waals surface area contributed by atoms with Gasteiger partial charge in [-0.15, -0.1) is 0 Å². The van der Waals surface area contributed by atoms with Gasteiger partial charge < -0.3 is 0 Å². The van der Waals surface area contributed by atoms with Crippen molar-refractivity contribution in [1.29, 1.82) is 0 Å². The Balaban J connectivity index is 2.46. The molecule has 1 aliphatic heterocycles. The fraction of sp³-hybridized carbons (Fsp3) is 1.00. The van der Waals surface area contributed by atoms with E-state index >= 15 is 0 Å². The zero-order chi connectivity index (χ0) is 7.56. The molecular weight excluding hydrogens is 151 g/mol. The number of hydrogen-bond donors (Lipinski definition) is 0. The molecule has 0 N–H and O–H groups in total. The van der Waals surface area contributed by atoms with Crippen molar-refractivity contribution in [3.8, 4) is 0 Å². The van der Waals surface area contributed by atoms with Gasteiger partial charge in [-0.25, -0.2) is 4.57 Å². The molecule has 0 aromatic carbocycles. The highest BCUT2D eigenvalue weighted by molar-refractivity contribution is 7.33. The van der Waals surface area contributed by atoms with E-state index in [0.717, 1.165) is 12.8 Å². The zero-order valence-corrected chi connectivity index (χ0v) is 7.14. The molecule has 0 saturated carbocycles. The van der Waals surface area contributed by atoms with E-state index in [1.54, 1.807) is 0 Å². The molecule has 10 heavy (non-hydrogen) atoms. The Labute approximate surface area is 61.7 Å². The molecule has 4 heteroatoms. The molecule has 1 radical (unpaired) electrons. The van der Waals surface area contributed by atoms with Crippen LogP contribution in [0.1, 0.15) is 26.7 Å². The Hall–Kier alpha value is 0.0200. The summed E-state index contributed by atoms with van der Waals surface area (Å²) >= 11 is 0. The molecule has 1 fully saturated rings. The van der Waals surface area contributed by atoms with Gasteiger partial charge in [0.2, 0.25) is 0 Å². The Bertz CT molecular complexity index is 123. The second-order valence-electron chi connectivity index (χ2n) is 2.63. The van der Waals surface area contributed by atoms with Crippen molar-refractivity contribution in [1.82, 2.24) is 0 Å². The molecule has 1 heterocycles. The van der Waals surface area contributed by atoms with Gasteiger partial charge in [0.15, 0.2) is 0 Å². The van der Waals surface area contributed by atoms with Gasteiger partial charge in [0, 0.05) is 0 Å². The van der Waals surface area contributed by atoms with Crippen molar-refractivity contribution >= 4 is 8.25 Å². The number of rotatable bonds is 0. The normalized spacial score (nSPS) is 39.2. The third kappa shape index (κ3) is 2.33. The van der Waals surface area contributed by atoms with E-state index in [2.05, 4.69) is 0 Å². The third-order valence-corrected chi connectivity index (χ3v) is 2.58. The maximum Gasteiger partial charge on any atom is 0.369 e. The van der Waals surface area contributed by atoms with Crippen LogP contribution in [0.15, 0.2) is 0 Å². The molecule has 3 nitrogen and oxygen atoms in total. The van der Waals surface area contributed by atoms with Gasteiger partial charge in [0.05, 0.1) is 12.2 Å². The maximum atomic E-state index is 10.8. The first-order valence-corrected chi connectivity index (χ1v) is 4.59. The highest BCUT2D eigenvalue weighted by atomic mass is 31.1. The first-order valence-electron chi connectivity index (χ1n) is 3.49. The molecule has 2 unspecified atom stereocenters. The predicted molar refractivity (Wildman–Crippen MR) is 37.9 cm³/mol. The summed E-state index contributed by atoms with van der Waals surface area (Å²) in [6, 6.07) is 0. The lowest BCUT2D eigenvalue weighted by atomic mass is 10.1. The average molecular weight is 163 g/mol. The molecule has 59 valence electrons. The fourth-order valence-electron chi connectivity index (χ4n) is 0.894. The Morgan fingerprint density at radius 2 is 1.60 bits per heavy atom. The average Bonchev–Trinajstić information content (AvgIpc) is 1.93. The van der Waals surface area contributed by atoms with Crippen molar-refractivity contribution in [2.24, 2.45) is 0 Å². The molecule has 0 aliphatic carbocycles. The van der Waals surface area contributed by atoms with E-state index in [-0.39, 0.29) is 12.2 Å². The van der Waals surface area contributed by atoms with E-state index < -0.39 is 8.25 Å². The summed E-state index contributed by atoms with van der Waals surface area (Å²) in [7, 11) is -1.85. The molecule has 1 saturated heterocycles. The van der Waals surface area contributed by atoms with Crippen molar-refractivity contribution in [3.05, 3.63) is 0 Å². The van der Waals surface area contributed by atoms with E-state index in [9.17, 15) is 4.57 Å². The van der Waals surface area contributed by atoms with Crippen LogP contribution in [0.2, 0.25) is 0 Å². The summed E-state index contributed by atoms with van der Waals surface area (Å²) in [5, 5.41) is 0. The molecule has 0 aromatic rings. The molecule has 0 amide bonds. The standard InChI is InChI=1S/C6H12O3P/c1-5-3-4-6(2)9-10(7)8-5/h5-6H,3-4H2,1-2H3. The van der Waals surface area contributed by atoms with Gasteiger partial charge in [-0.3, -0.25) is 9.05 Å². The lowest BCUT2D eigenvalue weighted by molar-refractivity contribution is 0.187. The second-order valence-corrected chi connectivity index (χ2v) is 3.50. The van der Waals surface area contributed by atoms with Crippen LogP contribution in [0.4, 0.5) is 0 Å². The second kappa shape index (κ2) is 3.42. The van der Waals surface area contributed by atoms with Crippen LogP contribution in [-0.4, -0.2) is 12.2 Å². The van der Waals surface area contributed by atoms with Crippen LogP contribution in [0.5, 0.6) is 0 Å². The Morgan fingerprint density at radius 1 is 1.20 bits per heavy atom. The summed E-state index contributed by atoms with van der Waals surface area (Å²) in [6.07, 6.45) is 2.02. The lowest BCUT2D eigenvalue weighted by Gasteiger charge is -2.02. The summed E-state index contributed by atoms with van der Waals surface area (Å²) in [5.74, 6) is 0. The van der Waals surface area contributed by atoms with Crippen LogP contribution in [0, 0.1) is 0 Å². The van der Waals surface area contributed by atoms with E-state index in [0.29, 0.717) is 0 Å². The van der Waals surface area contributed by atoms with Crippen LogP contribution in [0.3, 0.4) is 0 Å². The summed E-state index contributed by atoms with van der Waals surface area (Å²) in [4.78, 5) is 0. The molecule has 0 aromatic heterocycles. The number of hydrogen-bond acceptors (Lipinski definition) is 3. The lowest BCUT2D eigenvalue weighted by Crippen LogP contribution is -2.03. The van der Waals surface area contributed by atoms with Gasteiger partial charge in [0.25, 0.3) is 0 Å².